The van der Waals surface area contributed by atoms with E-state index in [1.54, 1.807) is 0 Å². The number of rotatable bonds is 44. The fraction of sp³-hybridized carbons (Fsp3) is 0.740. The highest BCUT2D eigenvalue weighted by molar-refractivity contribution is 5.72. The van der Waals surface area contributed by atoms with Gasteiger partial charge in [-0.15, -0.1) is 0 Å². The monoisotopic (exact) mass is 1160 g/mol. The largest absolute Gasteiger partial charge is 0.507 e. The Balaban J connectivity index is 1.95. The molecule has 0 aliphatic heterocycles. The average molecular weight is 1160 g/mol. The second-order valence-corrected chi connectivity index (χ2v) is 29.6. The van der Waals surface area contributed by atoms with Crippen LogP contribution in [0.25, 0.3) is 0 Å². The van der Waals surface area contributed by atoms with Crippen LogP contribution in [0.2, 0.25) is 0 Å². The van der Waals surface area contributed by atoms with Crippen LogP contribution in [0.5, 0.6) is 11.5 Å². The van der Waals surface area contributed by atoms with Crippen LogP contribution in [-0.4, -0.2) is 40.3 Å². The second kappa shape index (κ2) is 39.8. The lowest BCUT2D eigenvalue weighted by Crippen LogP contribution is -2.36. The third-order valence-electron chi connectivity index (χ3n) is 17.5. The summed E-state index contributed by atoms with van der Waals surface area (Å²) in [6.07, 6.45) is 41.0. The molecule has 0 radical (unpaired) electrons. The number of esters is 2. The zero-order chi connectivity index (χ0) is 62.0. The molecule has 0 amide bonds. The number of hydrogen-bond acceptors (Lipinski definition) is 7. The molecule has 3 rings (SSSR count). The van der Waals surface area contributed by atoms with E-state index in [0.717, 1.165) is 77.5 Å². The van der Waals surface area contributed by atoms with E-state index in [9.17, 15) is 19.8 Å². The van der Waals surface area contributed by atoms with Crippen LogP contribution >= 0.6 is 0 Å². The quantitative estimate of drug-likeness (QED) is 0.0430. The summed E-state index contributed by atoms with van der Waals surface area (Å²) >= 11 is 0. The molecule has 478 valence electrons. The van der Waals surface area contributed by atoms with Crippen LogP contribution in [0.3, 0.4) is 0 Å². The van der Waals surface area contributed by atoms with Gasteiger partial charge in [-0.05, 0) is 97.7 Å². The Bertz CT molecular complexity index is 2030. The number of carbonyl (C=O) groups excluding carboxylic acids is 2. The van der Waals surface area contributed by atoms with Crippen molar-refractivity contribution < 1.29 is 29.3 Å². The molecule has 84 heavy (non-hydrogen) atoms. The molecular formula is C77H129NO6. The fourth-order valence-corrected chi connectivity index (χ4v) is 12.2. The molecule has 0 saturated heterocycles. The molecule has 7 heteroatoms. The lowest BCUT2D eigenvalue weighted by molar-refractivity contribution is -0.147. The number of aromatic hydroxyl groups is 2. The summed E-state index contributed by atoms with van der Waals surface area (Å²) in [4.78, 5) is 31.8. The Hall–Kier alpha value is -3.84. The van der Waals surface area contributed by atoms with Gasteiger partial charge in [0.15, 0.2) is 0 Å². The first kappa shape index (κ1) is 74.4. The first-order valence-corrected chi connectivity index (χ1v) is 34.8. The summed E-state index contributed by atoms with van der Waals surface area (Å²) in [5, 5.41) is 24.3. The smallest absolute Gasteiger partial charge is 0.307 e. The Morgan fingerprint density at radius 3 is 0.857 bits per heavy atom. The lowest BCUT2D eigenvalue weighted by Gasteiger charge is -2.40. The number of nitrogens with zero attached hydrogens (tertiary/aromatic N) is 1. The molecule has 0 fully saturated rings. The summed E-state index contributed by atoms with van der Waals surface area (Å²) in [6.45, 7) is 31.2. The van der Waals surface area contributed by atoms with Crippen LogP contribution in [0.1, 0.15) is 366 Å². The van der Waals surface area contributed by atoms with Gasteiger partial charge in [-0.25, -0.2) is 0 Å². The van der Waals surface area contributed by atoms with Crippen molar-refractivity contribution in [2.45, 2.75) is 356 Å². The maximum absolute atomic E-state index is 14.7. The van der Waals surface area contributed by atoms with Crippen molar-refractivity contribution in [3.8, 4) is 11.5 Å². The van der Waals surface area contributed by atoms with Crippen molar-refractivity contribution in [1.29, 1.82) is 0 Å². The van der Waals surface area contributed by atoms with Gasteiger partial charge in [-0.3, -0.25) is 14.5 Å². The second-order valence-electron chi connectivity index (χ2n) is 29.6. The molecule has 0 bridgehead atoms. The van der Waals surface area contributed by atoms with E-state index in [2.05, 4.69) is 138 Å². The normalized spacial score (nSPS) is 13.2. The predicted molar refractivity (Wildman–Crippen MR) is 359 cm³/mol. The summed E-state index contributed by atoms with van der Waals surface area (Å²) < 4.78 is 12.5. The highest BCUT2D eigenvalue weighted by atomic mass is 16.5. The van der Waals surface area contributed by atoms with Crippen molar-refractivity contribution in [2.75, 3.05) is 13.2 Å². The van der Waals surface area contributed by atoms with Gasteiger partial charge in [-0.2, -0.15) is 0 Å². The number of benzene rings is 3. The summed E-state index contributed by atoms with van der Waals surface area (Å²) in [5.74, 6) is -0.0304. The summed E-state index contributed by atoms with van der Waals surface area (Å²) in [5.41, 5.74) is 4.30. The van der Waals surface area contributed by atoms with Crippen molar-refractivity contribution in [1.82, 2.24) is 4.90 Å². The van der Waals surface area contributed by atoms with Gasteiger partial charge in [0.05, 0.1) is 26.1 Å². The first-order valence-electron chi connectivity index (χ1n) is 34.8. The number of hydrogen-bond donors (Lipinski definition) is 2. The SMILES string of the molecule is CCCCCCCCCCCCCCCCCCOC(=O)CC(c1cc(C(C)(C)C)c(O)c(C(C)(C)C)c1)N(Cc1ccccc1)C(CC(=O)OCCCCCCCCCCCCCCCCCC)c1cc(C(C)(C)C)c(O)c(C(C)(C)C)c1. The van der Waals surface area contributed by atoms with Crippen LogP contribution < -0.4 is 0 Å². The van der Waals surface area contributed by atoms with Crippen LogP contribution in [0, 0.1) is 0 Å². The van der Waals surface area contributed by atoms with E-state index >= 15 is 0 Å². The maximum atomic E-state index is 14.7. The molecule has 0 saturated carbocycles. The number of carbonyl (C=O) groups is 2. The molecule has 0 heterocycles. The van der Waals surface area contributed by atoms with E-state index in [-0.39, 0.29) is 36.3 Å². The molecule has 0 aliphatic rings. The van der Waals surface area contributed by atoms with Crippen LogP contribution in [-0.2, 0) is 47.3 Å². The molecule has 7 nitrogen and oxygen atoms in total. The Kier molecular flexibility index (Phi) is 35.3. The van der Waals surface area contributed by atoms with E-state index in [0.29, 0.717) is 19.8 Å². The standard InChI is InChI=1S/C77H129NO6/c1-15-17-19-21-23-25-27-29-31-33-35-37-39-41-43-48-52-83-70(79)58-68(62-54-64(74(3,4)5)72(81)65(55-62)75(6,7)8)78(60-61-50-46-45-47-51-61)69(63-56-66(76(9,10)11)73(82)67(57-63)77(12,13)14)59-71(80)84-53-49-44-42-40-38-36-34-32-30-28-26-24-22-20-18-16-2/h45-47,50-51,54-57,68-69,81-82H,15-44,48-49,52-53,58-60H2,1-14H3. The predicted octanol–water partition coefficient (Wildman–Crippen LogP) is 23.0. The van der Waals surface area contributed by atoms with Gasteiger partial charge < -0.3 is 19.7 Å². The van der Waals surface area contributed by atoms with Crippen LogP contribution in [0.15, 0.2) is 54.6 Å². The highest BCUT2D eigenvalue weighted by Crippen LogP contribution is 2.47. The van der Waals surface area contributed by atoms with Crippen molar-refractivity contribution in [3.63, 3.8) is 0 Å². The number of ether oxygens (including phenoxy) is 2. The zero-order valence-corrected chi connectivity index (χ0v) is 57.0. The van der Waals surface area contributed by atoms with E-state index < -0.39 is 33.7 Å². The van der Waals surface area contributed by atoms with Gasteiger partial charge in [0.25, 0.3) is 0 Å². The number of unbranched alkanes of at least 4 members (excludes halogenated alkanes) is 30. The van der Waals surface area contributed by atoms with Gasteiger partial charge in [0.1, 0.15) is 11.5 Å². The van der Waals surface area contributed by atoms with Gasteiger partial charge in [-0.1, -0.05) is 320 Å². The zero-order valence-electron chi connectivity index (χ0n) is 57.0. The van der Waals surface area contributed by atoms with E-state index in [1.165, 1.54) is 167 Å². The topological polar surface area (TPSA) is 96.3 Å². The lowest BCUT2D eigenvalue weighted by atomic mass is 9.76. The van der Waals surface area contributed by atoms with Crippen molar-refractivity contribution in [3.05, 3.63) is 93.5 Å². The van der Waals surface area contributed by atoms with Crippen LogP contribution in [0.4, 0.5) is 0 Å². The molecule has 2 N–H and O–H groups in total. The van der Waals surface area contributed by atoms with E-state index in [4.69, 9.17) is 9.47 Å². The average Bonchev–Trinajstić information content (AvgIpc) is 3.59. The molecule has 0 aliphatic carbocycles. The molecule has 0 aromatic heterocycles. The summed E-state index contributed by atoms with van der Waals surface area (Å²) in [7, 11) is 0. The third kappa shape index (κ3) is 29.2. The Morgan fingerprint density at radius 2 is 0.619 bits per heavy atom. The molecule has 3 aromatic rings. The Labute approximate surface area is 517 Å². The minimum atomic E-state index is -0.589. The highest BCUT2D eigenvalue weighted by Gasteiger charge is 2.38. The summed E-state index contributed by atoms with van der Waals surface area (Å²) in [6, 6.07) is 17.5. The molecule has 2 atom stereocenters. The minimum Gasteiger partial charge on any atom is -0.507 e. The van der Waals surface area contributed by atoms with Crippen molar-refractivity contribution in [2.24, 2.45) is 0 Å². The number of phenols is 2. The maximum Gasteiger partial charge on any atom is 0.307 e. The molecular weight excluding hydrogens is 1030 g/mol. The molecule has 0 spiro atoms. The van der Waals surface area contributed by atoms with Gasteiger partial charge >= 0.3 is 11.9 Å². The first-order chi connectivity index (χ1) is 39.9. The molecule has 2 unspecified atom stereocenters. The fourth-order valence-electron chi connectivity index (χ4n) is 12.2. The minimum absolute atomic E-state index is 0.0325. The van der Waals surface area contributed by atoms with E-state index in [1.807, 2.05) is 18.2 Å². The third-order valence-corrected chi connectivity index (χ3v) is 17.5. The Morgan fingerprint density at radius 1 is 0.381 bits per heavy atom. The van der Waals surface area contributed by atoms with Gasteiger partial charge in [0.2, 0.25) is 0 Å². The van der Waals surface area contributed by atoms with Gasteiger partial charge in [0, 0.05) is 18.6 Å². The number of phenolic OH excluding ortho intramolecular Hbond substituents is 2. The van der Waals surface area contributed by atoms with Crippen molar-refractivity contribution >= 4 is 11.9 Å². The molecule has 3 aromatic carbocycles.